The predicted molar refractivity (Wildman–Crippen MR) is 82.9 cm³/mol. The number of hydrogen-bond donors (Lipinski definition) is 0. The predicted octanol–water partition coefficient (Wildman–Crippen LogP) is 4.51. The smallest absolute Gasteiger partial charge is 0.130 e. The van der Waals surface area contributed by atoms with Gasteiger partial charge in [-0.25, -0.2) is 0 Å². The first-order valence-corrected chi connectivity index (χ1v) is 7.25. The van der Waals surface area contributed by atoms with E-state index < -0.39 is 0 Å². The summed E-state index contributed by atoms with van der Waals surface area (Å²) in [7, 11) is 0. The lowest BCUT2D eigenvalue weighted by molar-refractivity contribution is 1.46. The molecule has 0 radical (unpaired) electrons. The lowest BCUT2D eigenvalue weighted by atomic mass is 10.0. The van der Waals surface area contributed by atoms with Crippen molar-refractivity contribution in [3.8, 4) is 23.3 Å². The minimum atomic E-state index is 0.113. The summed E-state index contributed by atoms with van der Waals surface area (Å²) >= 11 is 1.72. The second-order valence-electron chi connectivity index (χ2n) is 4.13. The molecule has 0 fully saturated rings. The molecule has 0 amide bonds. The molecule has 0 bridgehead atoms. The normalized spacial score (nSPS) is 9.35. The zero-order valence-corrected chi connectivity index (χ0v) is 11.8. The molecule has 0 N–H and O–H groups in total. The largest absolute Gasteiger partial charge is 0.192 e. The Labute approximate surface area is 123 Å². The fourth-order valence-corrected chi connectivity index (χ4v) is 2.22. The van der Waals surface area contributed by atoms with Crippen LogP contribution in [-0.4, -0.2) is 6.26 Å². The van der Waals surface area contributed by atoms with Gasteiger partial charge in [0, 0.05) is 4.90 Å². The molecule has 0 unspecified atom stereocenters. The molecule has 0 aliphatic carbocycles. The van der Waals surface area contributed by atoms with Gasteiger partial charge in [0.2, 0.25) is 0 Å². The van der Waals surface area contributed by atoms with Gasteiger partial charge in [0.15, 0.2) is 0 Å². The minimum Gasteiger partial charge on any atom is -0.192 e. The maximum Gasteiger partial charge on any atom is 0.130 e. The zero-order chi connectivity index (χ0) is 14.4. The minimum absolute atomic E-state index is 0.113. The maximum absolute atomic E-state index is 8.73. The van der Waals surface area contributed by atoms with E-state index in [1.54, 1.807) is 17.8 Å². The van der Waals surface area contributed by atoms with Crippen LogP contribution >= 0.6 is 11.8 Å². The SMILES string of the molecule is CSc1ccc(-c2ccc(C=C(C#N)C#N)cc2)cc1. The van der Waals surface area contributed by atoms with Crippen LogP contribution in [0.5, 0.6) is 0 Å². The third kappa shape index (κ3) is 3.29. The monoisotopic (exact) mass is 276 g/mol. The van der Waals surface area contributed by atoms with Gasteiger partial charge in [-0.3, -0.25) is 0 Å². The van der Waals surface area contributed by atoms with E-state index >= 15 is 0 Å². The summed E-state index contributed by atoms with van der Waals surface area (Å²) in [6.45, 7) is 0. The topological polar surface area (TPSA) is 47.6 Å². The van der Waals surface area contributed by atoms with Crippen molar-refractivity contribution in [3.63, 3.8) is 0 Å². The van der Waals surface area contributed by atoms with Crippen LogP contribution in [0.4, 0.5) is 0 Å². The zero-order valence-electron chi connectivity index (χ0n) is 11.0. The Balaban J connectivity index is 2.26. The number of rotatable bonds is 3. The maximum atomic E-state index is 8.73. The molecule has 0 aliphatic heterocycles. The molecule has 2 rings (SSSR count). The number of benzene rings is 2. The average Bonchev–Trinajstić information content (AvgIpc) is 2.53. The summed E-state index contributed by atoms with van der Waals surface area (Å²) in [6, 6.07) is 19.9. The molecular weight excluding hydrogens is 264 g/mol. The highest BCUT2D eigenvalue weighted by atomic mass is 32.2. The fraction of sp³-hybridized carbons (Fsp3) is 0.0588. The van der Waals surface area contributed by atoms with Gasteiger partial charge in [-0.2, -0.15) is 10.5 Å². The van der Waals surface area contributed by atoms with Crippen LogP contribution in [0.15, 0.2) is 59.0 Å². The van der Waals surface area contributed by atoms with Crippen LogP contribution in [0, 0.1) is 22.7 Å². The van der Waals surface area contributed by atoms with E-state index in [2.05, 4.69) is 30.5 Å². The molecule has 20 heavy (non-hydrogen) atoms. The number of nitriles is 2. The van der Waals surface area contributed by atoms with Crippen molar-refractivity contribution < 1.29 is 0 Å². The number of hydrogen-bond acceptors (Lipinski definition) is 3. The van der Waals surface area contributed by atoms with E-state index in [1.165, 1.54) is 4.90 Å². The molecule has 2 nitrogen and oxygen atoms in total. The Morgan fingerprint density at radius 2 is 1.40 bits per heavy atom. The van der Waals surface area contributed by atoms with Crippen LogP contribution in [0.25, 0.3) is 17.2 Å². The van der Waals surface area contributed by atoms with E-state index in [9.17, 15) is 0 Å². The summed E-state index contributed by atoms with van der Waals surface area (Å²) in [5.41, 5.74) is 3.24. The summed E-state index contributed by atoms with van der Waals surface area (Å²) in [5, 5.41) is 17.5. The van der Waals surface area contributed by atoms with Crippen molar-refractivity contribution >= 4 is 17.8 Å². The van der Waals surface area contributed by atoms with E-state index in [0.29, 0.717) is 0 Å². The Morgan fingerprint density at radius 3 is 1.85 bits per heavy atom. The molecule has 0 saturated heterocycles. The highest BCUT2D eigenvalue weighted by Gasteiger charge is 1.99. The van der Waals surface area contributed by atoms with Crippen molar-refractivity contribution in [3.05, 3.63) is 59.7 Å². The Kier molecular flexibility index (Phi) is 4.60. The van der Waals surface area contributed by atoms with Crippen molar-refractivity contribution in [2.75, 3.05) is 6.26 Å². The van der Waals surface area contributed by atoms with E-state index in [-0.39, 0.29) is 5.57 Å². The van der Waals surface area contributed by atoms with Gasteiger partial charge in [0.1, 0.15) is 17.7 Å². The molecule has 0 atom stereocenters. The molecule has 0 heterocycles. The van der Waals surface area contributed by atoms with Gasteiger partial charge >= 0.3 is 0 Å². The van der Waals surface area contributed by atoms with Gasteiger partial charge < -0.3 is 0 Å². The van der Waals surface area contributed by atoms with Crippen molar-refractivity contribution in [2.45, 2.75) is 4.90 Å². The summed E-state index contributed by atoms with van der Waals surface area (Å²) < 4.78 is 0. The highest BCUT2D eigenvalue weighted by molar-refractivity contribution is 7.98. The van der Waals surface area contributed by atoms with Gasteiger partial charge in [-0.15, -0.1) is 11.8 Å². The van der Waals surface area contributed by atoms with Gasteiger partial charge in [-0.1, -0.05) is 36.4 Å². The molecule has 0 spiro atoms. The van der Waals surface area contributed by atoms with E-state index in [0.717, 1.165) is 16.7 Å². The first-order valence-electron chi connectivity index (χ1n) is 6.03. The fourth-order valence-electron chi connectivity index (χ4n) is 1.81. The molecule has 3 heteroatoms. The Morgan fingerprint density at radius 1 is 0.900 bits per heavy atom. The Bertz CT molecular complexity index is 683. The molecular formula is C17H12N2S. The lowest BCUT2D eigenvalue weighted by Gasteiger charge is -2.03. The van der Waals surface area contributed by atoms with Crippen molar-refractivity contribution in [2.24, 2.45) is 0 Å². The molecule has 0 saturated carbocycles. The third-order valence-electron chi connectivity index (χ3n) is 2.89. The van der Waals surface area contributed by atoms with Crippen LogP contribution in [0.3, 0.4) is 0 Å². The van der Waals surface area contributed by atoms with Gasteiger partial charge in [-0.05, 0) is 41.2 Å². The van der Waals surface area contributed by atoms with Crippen molar-refractivity contribution in [1.82, 2.24) is 0 Å². The first-order chi connectivity index (χ1) is 9.76. The molecule has 0 aliphatic rings. The molecule has 2 aromatic carbocycles. The quantitative estimate of drug-likeness (QED) is 0.612. The Hall–Kier alpha value is -2.49. The standard InChI is InChI=1S/C17H12N2S/c1-20-17-8-6-16(7-9-17)15-4-2-13(3-5-15)10-14(11-18)12-19/h2-10H,1H3. The molecule has 2 aromatic rings. The summed E-state index contributed by atoms with van der Waals surface area (Å²) in [6.07, 6.45) is 3.64. The van der Waals surface area contributed by atoms with Crippen molar-refractivity contribution in [1.29, 1.82) is 10.5 Å². The van der Waals surface area contributed by atoms with E-state index in [1.807, 2.05) is 36.4 Å². The van der Waals surface area contributed by atoms with Gasteiger partial charge in [0.05, 0.1) is 0 Å². The number of nitrogens with zero attached hydrogens (tertiary/aromatic N) is 2. The second-order valence-corrected chi connectivity index (χ2v) is 5.01. The lowest BCUT2D eigenvalue weighted by Crippen LogP contribution is -1.80. The number of thioether (sulfide) groups is 1. The third-order valence-corrected chi connectivity index (χ3v) is 3.63. The summed E-state index contributed by atoms with van der Waals surface area (Å²) in [4.78, 5) is 1.24. The van der Waals surface area contributed by atoms with Crippen LogP contribution < -0.4 is 0 Å². The molecule has 96 valence electrons. The second kappa shape index (κ2) is 6.61. The van der Waals surface area contributed by atoms with Crippen LogP contribution in [-0.2, 0) is 0 Å². The van der Waals surface area contributed by atoms with Gasteiger partial charge in [0.25, 0.3) is 0 Å². The highest BCUT2D eigenvalue weighted by Crippen LogP contribution is 2.23. The number of allylic oxidation sites excluding steroid dienone is 1. The van der Waals surface area contributed by atoms with Crippen LogP contribution in [0.1, 0.15) is 5.56 Å². The summed E-state index contributed by atoms with van der Waals surface area (Å²) in [5.74, 6) is 0. The average molecular weight is 276 g/mol. The molecule has 0 aromatic heterocycles. The first kappa shape index (κ1) is 13.9. The van der Waals surface area contributed by atoms with E-state index in [4.69, 9.17) is 10.5 Å². The van der Waals surface area contributed by atoms with Crippen LogP contribution in [0.2, 0.25) is 0 Å².